The van der Waals surface area contributed by atoms with E-state index in [1.165, 1.54) is 22.5 Å². The van der Waals surface area contributed by atoms with Gasteiger partial charge in [-0.2, -0.15) is 5.10 Å². The number of thiophene rings is 1. The van der Waals surface area contributed by atoms with E-state index in [2.05, 4.69) is 15.2 Å². The summed E-state index contributed by atoms with van der Waals surface area (Å²) in [5, 5.41) is 9.21. The van der Waals surface area contributed by atoms with E-state index in [1.807, 2.05) is 6.92 Å². The topological polar surface area (TPSA) is 126 Å². The number of pyridine rings is 1. The van der Waals surface area contributed by atoms with Crippen LogP contribution in [0.25, 0.3) is 20.5 Å². The van der Waals surface area contributed by atoms with Gasteiger partial charge in [-0.3, -0.25) is 9.89 Å². The lowest BCUT2D eigenvalue weighted by Crippen LogP contribution is -2.31. The molecule has 1 atom stereocenters. The first kappa shape index (κ1) is 16.7. The van der Waals surface area contributed by atoms with E-state index in [4.69, 9.17) is 16.3 Å². The average molecular weight is 372 g/mol. The van der Waals surface area contributed by atoms with Crippen LogP contribution in [0, 0.1) is 0 Å². The number of aryl methyl sites for hydroxylation is 1. The second-order valence-electron chi connectivity index (χ2n) is 6.21. The molecule has 3 aromatic rings. The standard InChI is InChI=1S/C17H20N6O2S/c1-9(23(19)5-4-18)13-11-3-2-6-25-14-12(11)16(17(24)22-13)26-15(14)10-7-20-21-8-10/h4-5,7-9H,2-3,6,18-19H2,1H3,(H,20,21)(H,22,24)/b5-4-. The number of rotatable bonds is 4. The zero-order valence-corrected chi connectivity index (χ0v) is 15.1. The molecule has 1 aliphatic heterocycles. The normalized spacial score (nSPS) is 15.2. The Bertz CT molecular complexity index is 1020. The number of ether oxygens (including phenoxy) is 1. The van der Waals surface area contributed by atoms with Crippen LogP contribution in [0.15, 0.2) is 29.6 Å². The first-order valence-corrected chi connectivity index (χ1v) is 9.18. The molecule has 1 aliphatic rings. The molecule has 26 heavy (non-hydrogen) atoms. The zero-order valence-electron chi connectivity index (χ0n) is 14.3. The van der Waals surface area contributed by atoms with Gasteiger partial charge in [0.05, 0.1) is 23.7 Å². The van der Waals surface area contributed by atoms with Crippen molar-refractivity contribution in [3.63, 3.8) is 0 Å². The fourth-order valence-electron chi connectivity index (χ4n) is 3.36. The van der Waals surface area contributed by atoms with Crippen LogP contribution in [0.4, 0.5) is 0 Å². The number of hydrogen-bond donors (Lipinski definition) is 4. The van der Waals surface area contributed by atoms with Crippen LogP contribution < -0.4 is 21.9 Å². The van der Waals surface area contributed by atoms with E-state index in [1.54, 1.807) is 18.6 Å². The predicted molar refractivity (Wildman–Crippen MR) is 102 cm³/mol. The van der Waals surface area contributed by atoms with Gasteiger partial charge in [-0.15, -0.1) is 11.3 Å². The van der Waals surface area contributed by atoms with Crippen molar-refractivity contribution < 1.29 is 4.74 Å². The summed E-state index contributed by atoms with van der Waals surface area (Å²) in [5.41, 5.74) is 8.10. The van der Waals surface area contributed by atoms with Gasteiger partial charge < -0.3 is 20.5 Å². The minimum absolute atomic E-state index is 0.137. The molecule has 0 saturated carbocycles. The molecule has 0 aromatic carbocycles. The second-order valence-corrected chi connectivity index (χ2v) is 7.24. The number of aromatic nitrogens is 3. The van der Waals surface area contributed by atoms with E-state index >= 15 is 0 Å². The fraction of sp³-hybridized carbons (Fsp3) is 0.294. The number of nitrogens with one attached hydrogen (secondary N) is 2. The SMILES string of the molecule is CC(c1[nH]c(=O)c2sc(-c3cn[nH]c3)c3c2c1CCCO3)N(N)/C=C\N. The maximum atomic E-state index is 12.8. The van der Waals surface area contributed by atoms with E-state index in [0.29, 0.717) is 11.3 Å². The molecular formula is C17H20N6O2S. The summed E-state index contributed by atoms with van der Waals surface area (Å²) < 4.78 is 6.72. The Labute approximate surface area is 153 Å². The van der Waals surface area contributed by atoms with Gasteiger partial charge in [-0.05, 0) is 25.3 Å². The lowest BCUT2D eigenvalue weighted by molar-refractivity contribution is 0.300. The van der Waals surface area contributed by atoms with Gasteiger partial charge in [0.1, 0.15) is 10.4 Å². The second kappa shape index (κ2) is 6.50. The number of hydrazine groups is 1. The number of H-pyrrole nitrogens is 2. The Kier molecular flexibility index (Phi) is 4.17. The molecule has 0 amide bonds. The van der Waals surface area contributed by atoms with Crippen LogP contribution in [-0.4, -0.2) is 26.8 Å². The maximum absolute atomic E-state index is 12.8. The fourth-order valence-corrected chi connectivity index (χ4v) is 4.51. The summed E-state index contributed by atoms with van der Waals surface area (Å²) in [6.07, 6.45) is 8.17. The van der Waals surface area contributed by atoms with Crippen molar-refractivity contribution in [1.29, 1.82) is 0 Å². The van der Waals surface area contributed by atoms with E-state index < -0.39 is 0 Å². The molecule has 8 nitrogen and oxygen atoms in total. The smallest absolute Gasteiger partial charge is 0.266 e. The Morgan fingerprint density at radius 1 is 1.50 bits per heavy atom. The Balaban J connectivity index is 1.99. The highest BCUT2D eigenvalue weighted by atomic mass is 32.1. The van der Waals surface area contributed by atoms with Crippen molar-refractivity contribution in [2.45, 2.75) is 25.8 Å². The molecule has 0 spiro atoms. The molecule has 136 valence electrons. The van der Waals surface area contributed by atoms with Crippen LogP contribution in [0.1, 0.15) is 30.6 Å². The van der Waals surface area contributed by atoms with Gasteiger partial charge in [-0.25, -0.2) is 5.84 Å². The lowest BCUT2D eigenvalue weighted by Gasteiger charge is -2.24. The molecule has 0 saturated heterocycles. The van der Waals surface area contributed by atoms with Crippen LogP contribution >= 0.6 is 11.3 Å². The average Bonchev–Trinajstić information content (AvgIpc) is 3.22. The summed E-state index contributed by atoms with van der Waals surface area (Å²) in [6, 6.07) is -0.231. The summed E-state index contributed by atoms with van der Waals surface area (Å²) in [7, 11) is 0. The van der Waals surface area contributed by atoms with Crippen molar-refractivity contribution in [2.75, 3.05) is 6.61 Å². The third-order valence-electron chi connectivity index (χ3n) is 4.65. The molecule has 3 aromatic heterocycles. The van der Waals surface area contributed by atoms with Crippen molar-refractivity contribution in [3.8, 4) is 16.2 Å². The number of hydrogen-bond acceptors (Lipinski definition) is 7. The highest BCUT2D eigenvalue weighted by molar-refractivity contribution is 7.22. The maximum Gasteiger partial charge on any atom is 0.266 e. The first-order chi connectivity index (χ1) is 12.6. The van der Waals surface area contributed by atoms with Gasteiger partial charge in [0.25, 0.3) is 5.56 Å². The molecule has 1 unspecified atom stereocenters. The van der Waals surface area contributed by atoms with Crippen LogP contribution in [0.5, 0.6) is 5.75 Å². The van der Waals surface area contributed by atoms with Crippen molar-refractivity contribution in [3.05, 3.63) is 46.4 Å². The van der Waals surface area contributed by atoms with Crippen molar-refractivity contribution in [1.82, 2.24) is 20.2 Å². The van der Waals surface area contributed by atoms with Crippen LogP contribution in [0.2, 0.25) is 0 Å². The lowest BCUT2D eigenvalue weighted by atomic mass is 9.99. The van der Waals surface area contributed by atoms with Gasteiger partial charge in [0.15, 0.2) is 0 Å². The molecule has 0 aliphatic carbocycles. The number of nitrogens with zero attached hydrogens (tertiary/aromatic N) is 2. The summed E-state index contributed by atoms with van der Waals surface area (Å²) in [5.74, 6) is 6.82. The molecule has 4 rings (SSSR count). The van der Waals surface area contributed by atoms with Crippen LogP contribution in [0.3, 0.4) is 0 Å². The van der Waals surface area contributed by atoms with Crippen LogP contribution in [-0.2, 0) is 6.42 Å². The van der Waals surface area contributed by atoms with Crippen molar-refractivity contribution >= 4 is 21.4 Å². The Morgan fingerprint density at radius 2 is 2.35 bits per heavy atom. The zero-order chi connectivity index (χ0) is 18.3. The predicted octanol–water partition coefficient (Wildman–Crippen LogP) is 1.97. The van der Waals surface area contributed by atoms with E-state index in [-0.39, 0.29) is 11.6 Å². The largest absolute Gasteiger partial charge is 0.491 e. The van der Waals surface area contributed by atoms with Gasteiger partial charge in [-0.1, -0.05) is 0 Å². The molecular weight excluding hydrogens is 352 g/mol. The van der Waals surface area contributed by atoms with E-state index in [9.17, 15) is 4.79 Å². The molecule has 9 heteroatoms. The van der Waals surface area contributed by atoms with Gasteiger partial charge >= 0.3 is 0 Å². The van der Waals surface area contributed by atoms with Gasteiger partial charge in [0, 0.05) is 35.2 Å². The minimum atomic E-state index is -0.231. The third kappa shape index (κ3) is 2.56. The molecule has 4 heterocycles. The molecule has 0 fully saturated rings. The highest BCUT2D eigenvalue weighted by Crippen LogP contribution is 2.46. The molecule has 6 N–H and O–H groups in total. The Hall–Kier alpha value is -2.78. The Morgan fingerprint density at radius 3 is 3.08 bits per heavy atom. The number of nitrogens with two attached hydrogens (primary N) is 2. The quantitative estimate of drug-likeness (QED) is 0.410. The first-order valence-electron chi connectivity index (χ1n) is 8.36. The summed E-state index contributed by atoms with van der Waals surface area (Å²) >= 11 is 1.43. The van der Waals surface area contributed by atoms with E-state index in [0.717, 1.165) is 45.7 Å². The highest BCUT2D eigenvalue weighted by Gasteiger charge is 2.27. The van der Waals surface area contributed by atoms with Gasteiger partial charge in [0.2, 0.25) is 0 Å². The summed E-state index contributed by atoms with van der Waals surface area (Å²) in [6.45, 7) is 2.53. The third-order valence-corrected chi connectivity index (χ3v) is 5.87. The van der Waals surface area contributed by atoms with Crippen molar-refractivity contribution in [2.24, 2.45) is 11.6 Å². The minimum Gasteiger partial charge on any atom is -0.491 e. The number of aromatic amines is 2. The molecule has 0 radical (unpaired) electrons. The molecule has 0 bridgehead atoms. The summed E-state index contributed by atoms with van der Waals surface area (Å²) in [4.78, 5) is 16.7. The monoisotopic (exact) mass is 372 g/mol.